The molecule has 0 atom stereocenters. The van der Waals surface area contributed by atoms with Gasteiger partial charge >= 0.3 is 5.97 Å². The highest BCUT2D eigenvalue weighted by molar-refractivity contribution is 5.71. The number of hydrogen-bond donors (Lipinski definition) is 0. The number of ether oxygens (including phenoxy) is 2. The van der Waals surface area contributed by atoms with Crippen molar-refractivity contribution in [1.82, 2.24) is 9.80 Å². The smallest absolute Gasteiger partial charge is 0.319 e. The summed E-state index contributed by atoms with van der Waals surface area (Å²) in [6.45, 7) is 5.18. The zero-order valence-corrected chi connectivity index (χ0v) is 12.9. The Morgan fingerprint density at radius 1 is 1.14 bits per heavy atom. The number of methoxy groups -OCH3 is 2. The topological polar surface area (TPSA) is 42.0 Å². The van der Waals surface area contributed by atoms with Gasteiger partial charge in [0.05, 0.1) is 20.8 Å². The number of esters is 1. The SMILES string of the molecule is COC(=O)CN1CCCN(Cc2cccc(OC)c2)CC1. The van der Waals surface area contributed by atoms with Crippen molar-refractivity contribution >= 4 is 5.97 Å². The highest BCUT2D eigenvalue weighted by atomic mass is 16.5. The van der Waals surface area contributed by atoms with Crippen molar-refractivity contribution in [3.05, 3.63) is 29.8 Å². The van der Waals surface area contributed by atoms with Crippen LogP contribution in [0.1, 0.15) is 12.0 Å². The van der Waals surface area contributed by atoms with Crippen LogP contribution in [0, 0.1) is 0 Å². The zero-order valence-electron chi connectivity index (χ0n) is 12.9. The molecule has 116 valence electrons. The minimum atomic E-state index is -0.156. The van der Waals surface area contributed by atoms with Gasteiger partial charge in [-0.3, -0.25) is 14.6 Å². The molecule has 0 amide bonds. The molecule has 0 unspecified atom stereocenters. The van der Waals surface area contributed by atoms with Gasteiger partial charge in [0.15, 0.2) is 0 Å². The van der Waals surface area contributed by atoms with Crippen LogP contribution < -0.4 is 4.74 Å². The molecular weight excluding hydrogens is 268 g/mol. The summed E-state index contributed by atoms with van der Waals surface area (Å²) >= 11 is 0. The summed E-state index contributed by atoms with van der Waals surface area (Å²) in [5.74, 6) is 0.742. The lowest BCUT2D eigenvalue weighted by atomic mass is 10.2. The van der Waals surface area contributed by atoms with Gasteiger partial charge < -0.3 is 9.47 Å². The Hall–Kier alpha value is -1.59. The van der Waals surface area contributed by atoms with E-state index in [1.165, 1.54) is 12.7 Å². The van der Waals surface area contributed by atoms with E-state index in [9.17, 15) is 4.79 Å². The average Bonchev–Trinajstić information content (AvgIpc) is 2.73. The number of nitrogens with zero attached hydrogens (tertiary/aromatic N) is 2. The van der Waals surface area contributed by atoms with Gasteiger partial charge in [0.25, 0.3) is 0 Å². The van der Waals surface area contributed by atoms with Crippen LogP contribution in [0.5, 0.6) is 5.75 Å². The van der Waals surface area contributed by atoms with E-state index in [4.69, 9.17) is 9.47 Å². The van der Waals surface area contributed by atoms with Crippen molar-refractivity contribution in [3.63, 3.8) is 0 Å². The molecule has 0 aromatic heterocycles. The molecule has 1 aromatic carbocycles. The predicted octanol–water partition coefficient (Wildman–Crippen LogP) is 1.38. The quantitative estimate of drug-likeness (QED) is 0.767. The van der Waals surface area contributed by atoms with Gasteiger partial charge in [-0.2, -0.15) is 0 Å². The Morgan fingerprint density at radius 2 is 1.90 bits per heavy atom. The molecule has 0 spiro atoms. The van der Waals surface area contributed by atoms with Gasteiger partial charge in [0, 0.05) is 26.2 Å². The first kappa shape index (κ1) is 15.8. The molecule has 0 aliphatic carbocycles. The normalized spacial score (nSPS) is 17.2. The third kappa shape index (κ3) is 5.02. The first-order valence-electron chi connectivity index (χ1n) is 7.35. The monoisotopic (exact) mass is 292 g/mol. The van der Waals surface area contributed by atoms with Crippen LogP contribution in [-0.2, 0) is 16.1 Å². The fraction of sp³-hybridized carbons (Fsp3) is 0.562. The van der Waals surface area contributed by atoms with Gasteiger partial charge in [-0.1, -0.05) is 12.1 Å². The third-order valence-corrected chi connectivity index (χ3v) is 3.80. The van der Waals surface area contributed by atoms with Crippen LogP contribution in [0.25, 0.3) is 0 Å². The van der Waals surface area contributed by atoms with Crippen LogP contribution >= 0.6 is 0 Å². The first-order chi connectivity index (χ1) is 10.2. The summed E-state index contributed by atoms with van der Waals surface area (Å²) in [7, 11) is 3.13. The average molecular weight is 292 g/mol. The Labute approximate surface area is 126 Å². The van der Waals surface area contributed by atoms with Crippen molar-refractivity contribution in [2.24, 2.45) is 0 Å². The maximum Gasteiger partial charge on any atom is 0.319 e. The Morgan fingerprint density at radius 3 is 2.67 bits per heavy atom. The highest BCUT2D eigenvalue weighted by Crippen LogP contribution is 2.15. The molecule has 1 fully saturated rings. The molecule has 1 aliphatic rings. The number of benzene rings is 1. The molecule has 0 bridgehead atoms. The second-order valence-electron chi connectivity index (χ2n) is 5.33. The van der Waals surface area contributed by atoms with Crippen LogP contribution in [0.4, 0.5) is 0 Å². The summed E-state index contributed by atoms with van der Waals surface area (Å²) < 4.78 is 10.00. The Kier molecular flexibility index (Phi) is 6.02. The molecule has 5 heteroatoms. The van der Waals surface area contributed by atoms with Crippen molar-refractivity contribution in [3.8, 4) is 5.75 Å². The van der Waals surface area contributed by atoms with E-state index in [1.54, 1.807) is 7.11 Å². The molecule has 1 heterocycles. The van der Waals surface area contributed by atoms with Crippen LogP contribution in [0.2, 0.25) is 0 Å². The molecule has 1 saturated heterocycles. The zero-order chi connectivity index (χ0) is 15.1. The highest BCUT2D eigenvalue weighted by Gasteiger charge is 2.17. The Bertz CT molecular complexity index is 465. The largest absolute Gasteiger partial charge is 0.497 e. The van der Waals surface area contributed by atoms with Crippen molar-refractivity contribution in [1.29, 1.82) is 0 Å². The van der Waals surface area contributed by atoms with Crippen molar-refractivity contribution in [2.45, 2.75) is 13.0 Å². The lowest BCUT2D eigenvalue weighted by molar-refractivity contribution is -0.141. The maximum atomic E-state index is 11.3. The van der Waals surface area contributed by atoms with Crippen LogP contribution in [0.15, 0.2) is 24.3 Å². The van der Waals surface area contributed by atoms with E-state index in [0.29, 0.717) is 6.54 Å². The standard InChI is InChI=1S/C16H24N2O3/c1-20-15-6-3-5-14(11-15)12-17-7-4-8-18(10-9-17)13-16(19)21-2/h3,5-6,11H,4,7-10,12-13H2,1-2H3. The van der Waals surface area contributed by atoms with E-state index in [0.717, 1.165) is 44.9 Å². The molecule has 0 N–H and O–H groups in total. The minimum Gasteiger partial charge on any atom is -0.497 e. The summed E-state index contributed by atoms with van der Waals surface area (Å²) in [4.78, 5) is 15.9. The predicted molar refractivity (Wildman–Crippen MR) is 81.3 cm³/mol. The van der Waals surface area contributed by atoms with Crippen molar-refractivity contribution in [2.75, 3.05) is 46.9 Å². The molecule has 5 nitrogen and oxygen atoms in total. The molecule has 0 radical (unpaired) electrons. The number of hydrogen-bond acceptors (Lipinski definition) is 5. The van der Waals surface area contributed by atoms with E-state index < -0.39 is 0 Å². The van der Waals surface area contributed by atoms with Crippen LogP contribution in [0.3, 0.4) is 0 Å². The lowest BCUT2D eigenvalue weighted by Crippen LogP contribution is -2.34. The van der Waals surface area contributed by atoms with E-state index in [2.05, 4.69) is 21.9 Å². The first-order valence-corrected chi connectivity index (χ1v) is 7.35. The van der Waals surface area contributed by atoms with E-state index in [-0.39, 0.29) is 5.97 Å². The molecule has 21 heavy (non-hydrogen) atoms. The maximum absolute atomic E-state index is 11.3. The van der Waals surface area contributed by atoms with Crippen molar-refractivity contribution < 1.29 is 14.3 Å². The van der Waals surface area contributed by atoms with Gasteiger partial charge in [0.1, 0.15) is 5.75 Å². The second kappa shape index (κ2) is 8.00. The molecular formula is C16H24N2O3. The van der Waals surface area contributed by atoms with E-state index >= 15 is 0 Å². The minimum absolute atomic E-state index is 0.156. The number of carbonyl (C=O) groups excluding carboxylic acids is 1. The molecule has 1 aromatic rings. The molecule has 1 aliphatic heterocycles. The number of carbonyl (C=O) groups is 1. The lowest BCUT2D eigenvalue weighted by Gasteiger charge is -2.21. The summed E-state index contributed by atoms with van der Waals surface area (Å²) in [5.41, 5.74) is 1.26. The second-order valence-corrected chi connectivity index (χ2v) is 5.33. The molecule has 2 rings (SSSR count). The summed E-state index contributed by atoms with van der Waals surface area (Å²) in [6.07, 6.45) is 1.07. The summed E-state index contributed by atoms with van der Waals surface area (Å²) in [6, 6.07) is 8.19. The van der Waals surface area contributed by atoms with Gasteiger partial charge in [-0.05, 0) is 30.7 Å². The fourth-order valence-electron chi connectivity index (χ4n) is 2.62. The number of rotatable bonds is 5. The van der Waals surface area contributed by atoms with E-state index in [1.807, 2.05) is 12.1 Å². The van der Waals surface area contributed by atoms with Gasteiger partial charge in [-0.25, -0.2) is 0 Å². The Balaban J connectivity index is 1.86. The third-order valence-electron chi connectivity index (χ3n) is 3.80. The molecule has 0 saturated carbocycles. The summed E-state index contributed by atoms with van der Waals surface area (Å²) in [5, 5.41) is 0. The van der Waals surface area contributed by atoms with Gasteiger partial charge in [-0.15, -0.1) is 0 Å². The van der Waals surface area contributed by atoms with Crippen LogP contribution in [-0.4, -0.2) is 62.7 Å². The van der Waals surface area contributed by atoms with Gasteiger partial charge in [0.2, 0.25) is 0 Å². The fourth-order valence-corrected chi connectivity index (χ4v) is 2.62.